The highest BCUT2D eigenvalue weighted by Gasteiger charge is 2.39. The maximum absolute atomic E-state index is 13.1. The molecule has 1 aliphatic heterocycles. The quantitative estimate of drug-likeness (QED) is 0.770. The molecule has 1 atom stereocenters. The van der Waals surface area contributed by atoms with Crippen molar-refractivity contribution in [3.05, 3.63) is 60.5 Å². The summed E-state index contributed by atoms with van der Waals surface area (Å²) in [6.45, 7) is 2.96. The van der Waals surface area contributed by atoms with E-state index >= 15 is 0 Å². The lowest BCUT2D eigenvalue weighted by Gasteiger charge is -2.39. The fourth-order valence-electron chi connectivity index (χ4n) is 3.62. The van der Waals surface area contributed by atoms with Crippen molar-refractivity contribution in [3.63, 3.8) is 0 Å². The molecular weight excluding hydrogens is 342 g/mol. The number of oxazole rings is 1. The van der Waals surface area contributed by atoms with Gasteiger partial charge >= 0.3 is 0 Å². The molecule has 2 amide bonds. The predicted molar refractivity (Wildman–Crippen MR) is 102 cm³/mol. The number of rotatable bonds is 3. The third-order valence-electron chi connectivity index (χ3n) is 5.16. The normalized spacial score (nSPS) is 19.8. The average molecular weight is 363 g/mol. The lowest BCUT2D eigenvalue weighted by Crippen LogP contribution is -2.50. The van der Waals surface area contributed by atoms with Crippen LogP contribution in [0.15, 0.2) is 59.3 Å². The lowest BCUT2D eigenvalue weighted by atomic mass is 9.80. The minimum absolute atomic E-state index is 0.0343. The molecule has 1 N–H and O–H groups in total. The fourth-order valence-corrected chi connectivity index (χ4v) is 3.62. The van der Waals surface area contributed by atoms with Crippen LogP contribution in [0.3, 0.4) is 0 Å². The first-order valence-corrected chi connectivity index (χ1v) is 9.05. The van der Waals surface area contributed by atoms with Crippen molar-refractivity contribution < 1.29 is 14.0 Å². The summed E-state index contributed by atoms with van der Waals surface area (Å²) >= 11 is 0. The number of anilines is 1. The van der Waals surface area contributed by atoms with E-state index in [1.807, 2.05) is 37.3 Å². The highest BCUT2D eigenvalue weighted by Crippen LogP contribution is 2.32. The Balaban J connectivity index is 1.52. The van der Waals surface area contributed by atoms with Crippen LogP contribution < -0.4 is 5.32 Å². The van der Waals surface area contributed by atoms with Gasteiger partial charge in [0.05, 0.1) is 11.1 Å². The summed E-state index contributed by atoms with van der Waals surface area (Å²) in [5.74, 6) is -0.142. The van der Waals surface area contributed by atoms with Crippen molar-refractivity contribution in [2.75, 3.05) is 18.4 Å². The summed E-state index contributed by atoms with van der Waals surface area (Å²) in [7, 11) is 0. The molecule has 138 valence electrons. The maximum atomic E-state index is 13.1. The van der Waals surface area contributed by atoms with Crippen molar-refractivity contribution >= 4 is 28.6 Å². The second-order valence-corrected chi connectivity index (χ2v) is 7.22. The molecule has 0 spiro atoms. The van der Waals surface area contributed by atoms with Crippen LogP contribution in [-0.4, -0.2) is 34.8 Å². The van der Waals surface area contributed by atoms with Crippen LogP contribution in [0, 0.1) is 5.41 Å². The van der Waals surface area contributed by atoms with Gasteiger partial charge in [0.2, 0.25) is 5.91 Å². The zero-order valence-corrected chi connectivity index (χ0v) is 15.1. The number of fused-ring (bicyclic) bond motifs is 1. The number of piperidine rings is 1. The molecule has 4 rings (SSSR count). The predicted octanol–water partition coefficient (Wildman–Crippen LogP) is 3.71. The van der Waals surface area contributed by atoms with Gasteiger partial charge in [-0.15, -0.1) is 0 Å². The van der Waals surface area contributed by atoms with Crippen molar-refractivity contribution in [2.24, 2.45) is 5.41 Å². The van der Waals surface area contributed by atoms with Crippen LogP contribution in [0.25, 0.3) is 11.1 Å². The second kappa shape index (κ2) is 6.87. The Morgan fingerprint density at radius 2 is 1.96 bits per heavy atom. The van der Waals surface area contributed by atoms with Crippen LogP contribution in [-0.2, 0) is 4.79 Å². The molecule has 2 aromatic carbocycles. The van der Waals surface area contributed by atoms with E-state index in [1.54, 1.807) is 23.1 Å². The number of carbonyl (C=O) groups excluding carboxylic acids is 2. The number of para-hydroxylation sites is 1. The fraction of sp³-hybridized carbons (Fsp3) is 0.286. The van der Waals surface area contributed by atoms with E-state index in [0.29, 0.717) is 35.4 Å². The number of amides is 2. The third kappa shape index (κ3) is 3.30. The summed E-state index contributed by atoms with van der Waals surface area (Å²) in [5, 5.41) is 2.98. The minimum atomic E-state index is -0.658. The highest BCUT2D eigenvalue weighted by molar-refractivity contribution is 6.02. The molecule has 1 saturated heterocycles. The van der Waals surface area contributed by atoms with Crippen molar-refractivity contribution in [1.29, 1.82) is 0 Å². The van der Waals surface area contributed by atoms with Gasteiger partial charge in [-0.2, -0.15) is 0 Å². The number of hydrogen-bond donors (Lipinski definition) is 1. The molecule has 6 nitrogen and oxygen atoms in total. The van der Waals surface area contributed by atoms with E-state index < -0.39 is 5.41 Å². The van der Waals surface area contributed by atoms with Gasteiger partial charge < -0.3 is 14.6 Å². The zero-order valence-electron chi connectivity index (χ0n) is 15.1. The van der Waals surface area contributed by atoms with Gasteiger partial charge in [-0.3, -0.25) is 9.59 Å². The molecule has 1 fully saturated rings. The number of likely N-dealkylation sites (tertiary alicyclic amines) is 1. The monoisotopic (exact) mass is 363 g/mol. The van der Waals surface area contributed by atoms with Crippen LogP contribution in [0.5, 0.6) is 0 Å². The highest BCUT2D eigenvalue weighted by atomic mass is 16.3. The molecule has 3 aromatic rings. The molecular formula is C21H21N3O3. The molecule has 6 heteroatoms. The number of hydrogen-bond acceptors (Lipinski definition) is 4. The average Bonchev–Trinajstić information content (AvgIpc) is 3.18. The number of aromatic nitrogens is 1. The molecule has 2 heterocycles. The first kappa shape index (κ1) is 17.3. The SMILES string of the molecule is CC1(C(=O)Nc2cccc3ocnc23)CCCN(C(=O)c2ccccc2)C1. The first-order valence-electron chi connectivity index (χ1n) is 9.05. The van der Waals surface area contributed by atoms with E-state index in [1.165, 1.54) is 6.39 Å². The Morgan fingerprint density at radius 1 is 1.15 bits per heavy atom. The lowest BCUT2D eigenvalue weighted by molar-refractivity contribution is -0.127. The number of nitrogens with one attached hydrogen (secondary N) is 1. The van der Waals surface area contributed by atoms with Crippen LogP contribution >= 0.6 is 0 Å². The van der Waals surface area contributed by atoms with E-state index in [-0.39, 0.29) is 11.8 Å². The molecule has 0 radical (unpaired) electrons. The summed E-state index contributed by atoms with van der Waals surface area (Å²) in [4.78, 5) is 31.8. The Bertz CT molecular complexity index is 983. The van der Waals surface area contributed by atoms with Crippen LogP contribution in [0.4, 0.5) is 5.69 Å². The Labute approximate surface area is 157 Å². The molecule has 1 aliphatic rings. The number of carbonyl (C=O) groups is 2. The van der Waals surface area contributed by atoms with Crippen molar-refractivity contribution in [2.45, 2.75) is 19.8 Å². The van der Waals surface area contributed by atoms with E-state index in [4.69, 9.17) is 4.42 Å². The van der Waals surface area contributed by atoms with Crippen molar-refractivity contribution in [3.8, 4) is 0 Å². The van der Waals surface area contributed by atoms with Gasteiger partial charge in [-0.25, -0.2) is 4.98 Å². The van der Waals surface area contributed by atoms with E-state index in [0.717, 1.165) is 12.8 Å². The third-order valence-corrected chi connectivity index (χ3v) is 5.16. The van der Waals surface area contributed by atoms with E-state index in [9.17, 15) is 9.59 Å². The molecule has 0 saturated carbocycles. The Hall–Kier alpha value is -3.15. The summed E-state index contributed by atoms with van der Waals surface area (Å²) in [6, 6.07) is 14.6. The summed E-state index contributed by atoms with van der Waals surface area (Å²) in [6.07, 6.45) is 2.88. The van der Waals surface area contributed by atoms with Gasteiger partial charge in [0.1, 0.15) is 5.52 Å². The molecule has 0 aliphatic carbocycles. The topological polar surface area (TPSA) is 75.4 Å². The molecule has 1 aromatic heterocycles. The number of nitrogens with zero attached hydrogens (tertiary/aromatic N) is 2. The van der Waals surface area contributed by atoms with Crippen LogP contribution in [0.1, 0.15) is 30.1 Å². The van der Waals surface area contributed by atoms with Gasteiger partial charge in [-0.1, -0.05) is 24.3 Å². The largest absolute Gasteiger partial charge is 0.443 e. The summed E-state index contributed by atoms with van der Waals surface area (Å²) in [5.41, 5.74) is 1.87. The summed E-state index contributed by atoms with van der Waals surface area (Å²) < 4.78 is 5.29. The van der Waals surface area contributed by atoms with Gasteiger partial charge in [0, 0.05) is 18.7 Å². The number of benzene rings is 2. The Kier molecular flexibility index (Phi) is 4.39. The molecule has 0 bridgehead atoms. The minimum Gasteiger partial charge on any atom is -0.443 e. The zero-order chi connectivity index (χ0) is 18.9. The van der Waals surface area contributed by atoms with Gasteiger partial charge in [-0.05, 0) is 44.0 Å². The Morgan fingerprint density at radius 3 is 2.78 bits per heavy atom. The van der Waals surface area contributed by atoms with Gasteiger partial charge in [0.15, 0.2) is 12.0 Å². The van der Waals surface area contributed by atoms with E-state index in [2.05, 4.69) is 10.3 Å². The second-order valence-electron chi connectivity index (χ2n) is 7.22. The first-order chi connectivity index (χ1) is 13.1. The van der Waals surface area contributed by atoms with Crippen molar-refractivity contribution in [1.82, 2.24) is 9.88 Å². The standard InChI is InChI=1S/C21H21N3O3/c1-21(20(26)23-16-9-5-10-17-18(16)22-14-27-17)11-6-12-24(13-21)19(25)15-7-3-2-4-8-15/h2-5,7-10,14H,6,11-13H2,1H3,(H,23,26). The van der Waals surface area contributed by atoms with Gasteiger partial charge in [0.25, 0.3) is 5.91 Å². The molecule has 1 unspecified atom stereocenters. The molecule has 27 heavy (non-hydrogen) atoms. The maximum Gasteiger partial charge on any atom is 0.253 e. The van der Waals surface area contributed by atoms with Crippen LogP contribution in [0.2, 0.25) is 0 Å². The smallest absolute Gasteiger partial charge is 0.253 e.